The van der Waals surface area contributed by atoms with Crippen molar-refractivity contribution in [2.24, 2.45) is 0 Å². The van der Waals surface area contributed by atoms with E-state index >= 15 is 0 Å². The standard InChI is InChI=1S/C7H15N.C3H6O/c1-7(2)8-5-3-4-6-8;1-3(2)4/h7H,3-6H2,1-2H3;1-2H3. The zero-order chi connectivity index (χ0) is 9.56. The van der Waals surface area contributed by atoms with Crippen LogP contribution in [-0.4, -0.2) is 29.8 Å². The third-order valence-corrected chi connectivity index (χ3v) is 1.87. The van der Waals surface area contributed by atoms with Gasteiger partial charge in [-0.05, 0) is 53.6 Å². The average Bonchev–Trinajstić information content (AvgIpc) is 2.34. The second-order valence-corrected chi connectivity index (χ2v) is 3.75. The molecule has 0 bridgehead atoms. The Bertz CT molecular complexity index is 122. The van der Waals surface area contributed by atoms with Crippen LogP contribution >= 0.6 is 0 Å². The first-order chi connectivity index (χ1) is 5.54. The molecule has 1 heterocycles. The lowest BCUT2D eigenvalue weighted by molar-refractivity contribution is -0.114. The van der Waals surface area contributed by atoms with Crippen molar-refractivity contribution in [2.75, 3.05) is 13.1 Å². The molecule has 1 rings (SSSR count). The van der Waals surface area contributed by atoms with Gasteiger partial charge in [0.15, 0.2) is 0 Å². The van der Waals surface area contributed by atoms with Crippen LogP contribution in [0.15, 0.2) is 0 Å². The molecule has 1 aliphatic heterocycles. The van der Waals surface area contributed by atoms with Gasteiger partial charge in [-0.25, -0.2) is 0 Å². The molecule has 0 atom stereocenters. The van der Waals surface area contributed by atoms with Crippen molar-refractivity contribution < 1.29 is 4.79 Å². The summed E-state index contributed by atoms with van der Waals surface area (Å²) in [6.07, 6.45) is 2.83. The van der Waals surface area contributed by atoms with Crippen LogP contribution in [0.2, 0.25) is 0 Å². The Morgan fingerprint density at radius 3 is 1.67 bits per heavy atom. The lowest BCUT2D eigenvalue weighted by Gasteiger charge is -2.18. The predicted octanol–water partition coefficient (Wildman–Crippen LogP) is 2.09. The summed E-state index contributed by atoms with van der Waals surface area (Å²) in [5.41, 5.74) is 0. The maximum Gasteiger partial charge on any atom is 0.126 e. The second kappa shape index (κ2) is 6.18. The molecule has 0 amide bonds. The van der Waals surface area contributed by atoms with Crippen LogP contribution < -0.4 is 0 Å². The van der Waals surface area contributed by atoms with Crippen molar-refractivity contribution in [2.45, 2.75) is 46.6 Å². The lowest BCUT2D eigenvalue weighted by Crippen LogP contribution is -2.26. The van der Waals surface area contributed by atoms with E-state index in [1.165, 1.54) is 39.8 Å². The summed E-state index contributed by atoms with van der Waals surface area (Å²) in [5, 5.41) is 0. The van der Waals surface area contributed by atoms with Gasteiger partial charge in [-0.3, -0.25) is 0 Å². The molecule has 0 aromatic heterocycles. The fraction of sp³-hybridized carbons (Fsp3) is 0.900. The molecule has 1 aliphatic rings. The number of Topliss-reactive ketones (excluding diaryl/α,β-unsaturated/α-hetero) is 1. The molecule has 0 spiro atoms. The van der Waals surface area contributed by atoms with Gasteiger partial charge >= 0.3 is 0 Å². The molecule has 2 nitrogen and oxygen atoms in total. The van der Waals surface area contributed by atoms with E-state index in [2.05, 4.69) is 18.7 Å². The summed E-state index contributed by atoms with van der Waals surface area (Å²) >= 11 is 0. The van der Waals surface area contributed by atoms with Crippen molar-refractivity contribution in [1.82, 2.24) is 4.90 Å². The van der Waals surface area contributed by atoms with Crippen LogP contribution in [0.25, 0.3) is 0 Å². The molecule has 0 aromatic rings. The van der Waals surface area contributed by atoms with Gasteiger partial charge in [0, 0.05) is 6.04 Å². The van der Waals surface area contributed by atoms with Crippen LogP contribution in [0.4, 0.5) is 0 Å². The number of hydrogen-bond acceptors (Lipinski definition) is 2. The normalized spacial score (nSPS) is 17.4. The summed E-state index contributed by atoms with van der Waals surface area (Å²) in [5.74, 6) is 0.167. The molecule has 1 fully saturated rings. The Kier molecular flexibility index (Phi) is 5.99. The number of carbonyl (C=O) groups excluding carboxylic acids is 1. The number of ketones is 1. The van der Waals surface area contributed by atoms with Gasteiger partial charge in [0.05, 0.1) is 0 Å². The van der Waals surface area contributed by atoms with Crippen molar-refractivity contribution in [3.8, 4) is 0 Å². The summed E-state index contributed by atoms with van der Waals surface area (Å²) in [4.78, 5) is 12.0. The second-order valence-electron chi connectivity index (χ2n) is 3.75. The molecular weight excluding hydrogens is 150 g/mol. The number of carbonyl (C=O) groups is 1. The summed E-state index contributed by atoms with van der Waals surface area (Å²) < 4.78 is 0. The zero-order valence-corrected chi connectivity index (χ0v) is 8.76. The van der Waals surface area contributed by atoms with E-state index in [1.54, 1.807) is 0 Å². The van der Waals surface area contributed by atoms with Gasteiger partial charge in [-0.15, -0.1) is 0 Å². The SMILES string of the molecule is CC(C)=O.CC(C)N1CCCC1. The third kappa shape index (κ3) is 6.35. The van der Waals surface area contributed by atoms with Crippen molar-refractivity contribution in [3.63, 3.8) is 0 Å². The van der Waals surface area contributed by atoms with E-state index in [1.807, 2.05) is 0 Å². The van der Waals surface area contributed by atoms with Crippen LogP contribution in [0.1, 0.15) is 40.5 Å². The Balaban J connectivity index is 0.000000261. The van der Waals surface area contributed by atoms with Crippen LogP contribution in [0.5, 0.6) is 0 Å². The first-order valence-corrected chi connectivity index (χ1v) is 4.75. The number of nitrogens with zero attached hydrogens (tertiary/aromatic N) is 1. The van der Waals surface area contributed by atoms with E-state index in [0.29, 0.717) is 0 Å². The minimum Gasteiger partial charge on any atom is -0.301 e. The highest BCUT2D eigenvalue weighted by Gasteiger charge is 2.13. The van der Waals surface area contributed by atoms with E-state index in [4.69, 9.17) is 0 Å². The maximum atomic E-state index is 9.44. The highest BCUT2D eigenvalue weighted by molar-refractivity contribution is 5.72. The molecule has 0 saturated carbocycles. The van der Waals surface area contributed by atoms with Gasteiger partial charge in [-0.2, -0.15) is 0 Å². The van der Waals surface area contributed by atoms with Crippen LogP contribution in [-0.2, 0) is 4.79 Å². The smallest absolute Gasteiger partial charge is 0.126 e. The van der Waals surface area contributed by atoms with E-state index in [-0.39, 0.29) is 5.78 Å². The predicted molar refractivity (Wildman–Crippen MR) is 52.3 cm³/mol. The Morgan fingerprint density at radius 2 is 1.50 bits per heavy atom. The molecule has 0 N–H and O–H groups in total. The Hall–Kier alpha value is -0.370. The monoisotopic (exact) mass is 171 g/mol. The first kappa shape index (κ1) is 11.6. The van der Waals surface area contributed by atoms with Crippen LogP contribution in [0.3, 0.4) is 0 Å². The molecule has 0 aromatic carbocycles. The quantitative estimate of drug-likeness (QED) is 0.602. The van der Waals surface area contributed by atoms with Gasteiger partial charge in [-0.1, -0.05) is 0 Å². The number of rotatable bonds is 1. The van der Waals surface area contributed by atoms with Crippen molar-refractivity contribution in [1.29, 1.82) is 0 Å². The summed E-state index contributed by atoms with van der Waals surface area (Å²) in [7, 11) is 0. The average molecular weight is 171 g/mol. The summed E-state index contributed by atoms with van der Waals surface area (Å²) in [6, 6.07) is 0.775. The van der Waals surface area contributed by atoms with Gasteiger partial charge < -0.3 is 9.69 Å². The topological polar surface area (TPSA) is 20.3 Å². The van der Waals surface area contributed by atoms with E-state index in [0.717, 1.165) is 6.04 Å². The first-order valence-electron chi connectivity index (χ1n) is 4.75. The molecule has 72 valence electrons. The van der Waals surface area contributed by atoms with Crippen molar-refractivity contribution in [3.05, 3.63) is 0 Å². The fourth-order valence-corrected chi connectivity index (χ4v) is 1.26. The third-order valence-electron chi connectivity index (χ3n) is 1.87. The van der Waals surface area contributed by atoms with Gasteiger partial charge in [0.1, 0.15) is 5.78 Å². The van der Waals surface area contributed by atoms with Gasteiger partial charge in [0.2, 0.25) is 0 Å². The minimum absolute atomic E-state index is 0.167. The molecule has 0 unspecified atom stereocenters. The van der Waals surface area contributed by atoms with Gasteiger partial charge in [0.25, 0.3) is 0 Å². The number of likely N-dealkylation sites (tertiary alicyclic amines) is 1. The molecule has 0 radical (unpaired) electrons. The highest BCUT2D eigenvalue weighted by Crippen LogP contribution is 2.09. The largest absolute Gasteiger partial charge is 0.301 e. The minimum atomic E-state index is 0.167. The maximum absolute atomic E-state index is 9.44. The fourth-order valence-electron chi connectivity index (χ4n) is 1.26. The van der Waals surface area contributed by atoms with E-state index < -0.39 is 0 Å². The highest BCUT2D eigenvalue weighted by atomic mass is 16.1. The number of hydrogen-bond donors (Lipinski definition) is 0. The zero-order valence-electron chi connectivity index (χ0n) is 8.76. The molecular formula is C10H21NO. The van der Waals surface area contributed by atoms with E-state index in [9.17, 15) is 4.79 Å². The Labute approximate surface area is 75.9 Å². The van der Waals surface area contributed by atoms with Crippen molar-refractivity contribution >= 4 is 5.78 Å². The lowest BCUT2D eigenvalue weighted by atomic mass is 10.3. The Morgan fingerprint density at radius 1 is 1.17 bits per heavy atom. The summed E-state index contributed by atoms with van der Waals surface area (Å²) in [6.45, 7) is 10.3. The molecule has 0 aliphatic carbocycles. The molecule has 12 heavy (non-hydrogen) atoms. The van der Waals surface area contributed by atoms with Crippen LogP contribution in [0, 0.1) is 0 Å². The molecule has 1 saturated heterocycles. The molecule has 2 heteroatoms.